The van der Waals surface area contributed by atoms with Gasteiger partial charge in [0.1, 0.15) is 0 Å². The average molecular weight is 322 g/mol. The first-order chi connectivity index (χ1) is 11.5. The highest BCUT2D eigenvalue weighted by Gasteiger charge is 2.14. The molecule has 0 spiro atoms. The molecule has 0 saturated heterocycles. The van der Waals surface area contributed by atoms with E-state index >= 15 is 0 Å². The maximum atomic E-state index is 12.3. The predicted octanol–water partition coefficient (Wildman–Crippen LogP) is 5.06. The van der Waals surface area contributed by atoms with Gasteiger partial charge < -0.3 is 10.6 Å². The second-order valence-electron chi connectivity index (χ2n) is 6.85. The van der Waals surface area contributed by atoms with Gasteiger partial charge in [0, 0.05) is 5.69 Å². The summed E-state index contributed by atoms with van der Waals surface area (Å²) < 4.78 is 0. The van der Waals surface area contributed by atoms with Crippen LogP contribution in [-0.2, 0) is 12.8 Å². The van der Waals surface area contributed by atoms with E-state index in [1.165, 1.54) is 47.1 Å². The van der Waals surface area contributed by atoms with Gasteiger partial charge in [0.2, 0.25) is 0 Å². The minimum atomic E-state index is -0.163. The first-order valence-electron chi connectivity index (χ1n) is 8.79. The Morgan fingerprint density at radius 3 is 2.46 bits per heavy atom. The molecule has 1 aliphatic carbocycles. The number of benzene rings is 2. The minimum absolute atomic E-state index is 0.0104. The normalized spacial score (nSPS) is 14.6. The van der Waals surface area contributed by atoms with Gasteiger partial charge in [-0.25, -0.2) is 4.79 Å². The van der Waals surface area contributed by atoms with E-state index < -0.39 is 0 Å². The summed E-state index contributed by atoms with van der Waals surface area (Å²) in [5, 5.41) is 5.96. The monoisotopic (exact) mass is 322 g/mol. The maximum Gasteiger partial charge on any atom is 0.319 e. The lowest BCUT2D eigenvalue weighted by Crippen LogP contribution is -2.31. The van der Waals surface area contributed by atoms with Crippen molar-refractivity contribution >= 4 is 11.7 Å². The summed E-state index contributed by atoms with van der Waals surface area (Å²) in [4.78, 5) is 12.3. The van der Waals surface area contributed by atoms with Crippen LogP contribution in [0.1, 0.15) is 53.6 Å². The van der Waals surface area contributed by atoms with Gasteiger partial charge in [-0.2, -0.15) is 0 Å². The fourth-order valence-electron chi connectivity index (χ4n) is 3.29. The summed E-state index contributed by atoms with van der Waals surface area (Å²) in [5.74, 6) is 0. The van der Waals surface area contributed by atoms with Crippen LogP contribution in [0.4, 0.5) is 10.5 Å². The quantitative estimate of drug-likeness (QED) is 0.814. The molecule has 2 amide bonds. The van der Waals surface area contributed by atoms with E-state index in [2.05, 4.69) is 35.8 Å². The molecule has 1 unspecified atom stereocenters. The topological polar surface area (TPSA) is 41.1 Å². The number of urea groups is 1. The van der Waals surface area contributed by atoms with Gasteiger partial charge in [-0.3, -0.25) is 0 Å². The summed E-state index contributed by atoms with van der Waals surface area (Å²) in [6, 6.07) is 12.4. The van der Waals surface area contributed by atoms with Gasteiger partial charge in [-0.05, 0) is 86.4 Å². The molecule has 2 N–H and O–H groups in total. The Morgan fingerprint density at radius 2 is 1.71 bits per heavy atom. The summed E-state index contributed by atoms with van der Waals surface area (Å²) in [6.07, 6.45) is 4.90. The van der Waals surface area contributed by atoms with Gasteiger partial charge in [0.15, 0.2) is 0 Å². The molecule has 3 nitrogen and oxygen atoms in total. The summed E-state index contributed by atoms with van der Waals surface area (Å²) in [7, 11) is 0. The largest absolute Gasteiger partial charge is 0.331 e. The van der Waals surface area contributed by atoms with Gasteiger partial charge in [0.25, 0.3) is 0 Å². The Labute approximate surface area is 144 Å². The van der Waals surface area contributed by atoms with Crippen LogP contribution in [-0.4, -0.2) is 6.03 Å². The number of carbonyl (C=O) groups excluding carboxylic acids is 1. The Kier molecular flexibility index (Phi) is 4.89. The van der Waals surface area contributed by atoms with Gasteiger partial charge in [-0.1, -0.05) is 24.3 Å². The number of hydrogen-bond donors (Lipinski definition) is 2. The van der Waals surface area contributed by atoms with Crippen LogP contribution in [0.25, 0.3) is 0 Å². The smallest absolute Gasteiger partial charge is 0.319 e. The highest BCUT2D eigenvalue weighted by molar-refractivity contribution is 5.89. The van der Waals surface area contributed by atoms with Crippen molar-refractivity contribution in [3.63, 3.8) is 0 Å². The zero-order valence-electron chi connectivity index (χ0n) is 14.8. The standard InChI is InChI=1S/C21H26N2O/c1-14-8-11-20(12-15(14)2)23-21(24)22-16(3)18-10-9-17-6-4-5-7-19(17)13-18/h8-13,16H,4-7H2,1-3H3,(H2,22,23,24). The third kappa shape index (κ3) is 3.78. The third-order valence-electron chi connectivity index (χ3n) is 4.98. The number of carbonyl (C=O) groups is 1. The van der Waals surface area contributed by atoms with E-state index in [9.17, 15) is 4.79 Å². The molecule has 0 radical (unpaired) electrons. The summed E-state index contributed by atoms with van der Waals surface area (Å²) in [6.45, 7) is 6.15. The van der Waals surface area contributed by atoms with Crippen molar-refractivity contribution in [1.29, 1.82) is 0 Å². The Hall–Kier alpha value is -2.29. The van der Waals surface area contributed by atoms with Crippen molar-refractivity contribution in [2.24, 2.45) is 0 Å². The van der Waals surface area contributed by atoms with E-state index in [0.29, 0.717) is 0 Å². The molecule has 1 atom stereocenters. The molecule has 2 aromatic rings. The van der Waals surface area contributed by atoms with Gasteiger partial charge in [-0.15, -0.1) is 0 Å². The summed E-state index contributed by atoms with van der Waals surface area (Å²) >= 11 is 0. The molecule has 2 aromatic carbocycles. The second kappa shape index (κ2) is 7.08. The number of nitrogens with one attached hydrogen (secondary N) is 2. The third-order valence-corrected chi connectivity index (χ3v) is 4.98. The van der Waals surface area contributed by atoms with Crippen molar-refractivity contribution in [1.82, 2.24) is 5.32 Å². The molecule has 0 bridgehead atoms. The molecule has 0 aromatic heterocycles. The van der Waals surface area contributed by atoms with E-state index in [1.807, 2.05) is 32.0 Å². The zero-order chi connectivity index (χ0) is 17.1. The van der Waals surface area contributed by atoms with Crippen LogP contribution in [0.2, 0.25) is 0 Å². The van der Waals surface area contributed by atoms with E-state index in [1.54, 1.807) is 0 Å². The molecule has 0 fully saturated rings. The number of anilines is 1. The van der Waals surface area contributed by atoms with Crippen molar-refractivity contribution in [3.05, 3.63) is 64.2 Å². The van der Waals surface area contributed by atoms with Crippen LogP contribution < -0.4 is 10.6 Å². The lowest BCUT2D eigenvalue weighted by atomic mass is 9.89. The van der Waals surface area contributed by atoms with Crippen molar-refractivity contribution in [2.45, 2.75) is 52.5 Å². The molecule has 0 aliphatic heterocycles. The minimum Gasteiger partial charge on any atom is -0.331 e. The Balaban J connectivity index is 1.64. The molecule has 126 valence electrons. The number of hydrogen-bond acceptors (Lipinski definition) is 1. The first kappa shape index (κ1) is 16.6. The Bertz CT molecular complexity index is 751. The number of aryl methyl sites for hydroxylation is 4. The fraction of sp³-hybridized carbons (Fsp3) is 0.381. The first-order valence-corrected chi connectivity index (χ1v) is 8.79. The average Bonchev–Trinajstić information content (AvgIpc) is 2.57. The van der Waals surface area contributed by atoms with Crippen molar-refractivity contribution in [3.8, 4) is 0 Å². The Morgan fingerprint density at radius 1 is 0.958 bits per heavy atom. The van der Waals surface area contributed by atoms with Crippen LogP contribution >= 0.6 is 0 Å². The fourth-order valence-corrected chi connectivity index (χ4v) is 3.29. The number of rotatable bonds is 3. The van der Waals surface area contributed by atoms with Crippen molar-refractivity contribution in [2.75, 3.05) is 5.32 Å². The van der Waals surface area contributed by atoms with Crippen LogP contribution in [0.3, 0.4) is 0 Å². The van der Waals surface area contributed by atoms with E-state index in [0.717, 1.165) is 12.1 Å². The van der Waals surface area contributed by atoms with Crippen LogP contribution in [0.15, 0.2) is 36.4 Å². The lowest BCUT2D eigenvalue weighted by molar-refractivity contribution is 0.249. The number of amides is 2. The highest BCUT2D eigenvalue weighted by Crippen LogP contribution is 2.25. The van der Waals surface area contributed by atoms with Gasteiger partial charge >= 0.3 is 6.03 Å². The molecule has 0 saturated carbocycles. The SMILES string of the molecule is Cc1ccc(NC(=O)NC(C)c2ccc3c(c2)CCCC3)cc1C. The van der Waals surface area contributed by atoms with E-state index in [4.69, 9.17) is 0 Å². The van der Waals surface area contributed by atoms with Crippen LogP contribution in [0.5, 0.6) is 0 Å². The van der Waals surface area contributed by atoms with Crippen LogP contribution in [0, 0.1) is 13.8 Å². The number of fused-ring (bicyclic) bond motifs is 1. The lowest BCUT2D eigenvalue weighted by Gasteiger charge is -2.20. The zero-order valence-corrected chi connectivity index (χ0v) is 14.8. The second-order valence-corrected chi connectivity index (χ2v) is 6.85. The molecule has 1 aliphatic rings. The molecule has 0 heterocycles. The molecule has 3 heteroatoms. The molecular weight excluding hydrogens is 296 g/mol. The van der Waals surface area contributed by atoms with Crippen molar-refractivity contribution < 1.29 is 4.79 Å². The van der Waals surface area contributed by atoms with E-state index in [-0.39, 0.29) is 12.1 Å². The maximum absolute atomic E-state index is 12.3. The predicted molar refractivity (Wildman–Crippen MR) is 99.6 cm³/mol. The van der Waals surface area contributed by atoms with Gasteiger partial charge in [0.05, 0.1) is 6.04 Å². The molecular formula is C21H26N2O. The molecule has 24 heavy (non-hydrogen) atoms. The highest BCUT2D eigenvalue weighted by atomic mass is 16.2. The molecule has 3 rings (SSSR count). The summed E-state index contributed by atoms with van der Waals surface area (Å²) in [5.41, 5.74) is 7.32.